The zero-order chi connectivity index (χ0) is 29.2. The van der Waals surface area contributed by atoms with E-state index in [4.69, 9.17) is 0 Å². The van der Waals surface area contributed by atoms with E-state index in [0.717, 1.165) is 12.0 Å². The molecule has 1 aliphatic rings. The smallest absolute Gasteiger partial charge is 0.326 e. The van der Waals surface area contributed by atoms with Crippen LogP contribution < -0.4 is 21.3 Å². The van der Waals surface area contributed by atoms with Crippen LogP contribution in [0.15, 0.2) is 67.1 Å². The van der Waals surface area contributed by atoms with Crippen LogP contribution in [-0.2, 0) is 38.4 Å². The van der Waals surface area contributed by atoms with E-state index in [1.54, 1.807) is 12.1 Å². The van der Waals surface area contributed by atoms with Gasteiger partial charge in [-0.1, -0.05) is 42.5 Å². The largest absolute Gasteiger partial charge is 0.508 e. The Morgan fingerprint density at radius 1 is 0.854 bits per heavy atom. The van der Waals surface area contributed by atoms with Crippen LogP contribution in [0.25, 0.3) is 0 Å². The predicted molar refractivity (Wildman–Crippen MR) is 149 cm³/mol. The zero-order valence-electron chi connectivity index (χ0n) is 22.4. The number of H-pyrrole nitrogens is 1. The highest BCUT2D eigenvalue weighted by molar-refractivity contribution is 5.94. The third-order valence-corrected chi connectivity index (χ3v) is 6.90. The van der Waals surface area contributed by atoms with Gasteiger partial charge in [0.1, 0.15) is 23.9 Å². The Labute approximate surface area is 237 Å². The number of nitrogens with one attached hydrogen (secondary N) is 5. The molecular formula is C29H34N6O6. The Balaban J connectivity index is 1.54. The van der Waals surface area contributed by atoms with Crippen molar-refractivity contribution in [2.45, 2.75) is 56.3 Å². The molecule has 41 heavy (non-hydrogen) atoms. The van der Waals surface area contributed by atoms with Gasteiger partial charge in [0, 0.05) is 31.2 Å². The molecule has 12 nitrogen and oxygen atoms in total. The highest BCUT2D eigenvalue weighted by Gasteiger charge is 2.32. The number of carboxylic acids is 1. The number of carbonyl (C=O) groups is 4. The zero-order valence-corrected chi connectivity index (χ0v) is 22.4. The lowest BCUT2D eigenvalue weighted by atomic mass is 10.0. The molecule has 1 fully saturated rings. The Morgan fingerprint density at radius 2 is 1.49 bits per heavy atom. The molecule has 12 heteroatoms. The van der Waals surface area contributed by atoms with E-state index in [0.29, 0.717) is 24.2 Å². The number of carboxylic acid groups (broad SMARTS) is 1. The summed E-state index contributed by atoms with van der Waals surface area (Å²) in [4.78, 5) is 58.7. The summed E-state index contributed by atoms with van der Waals surface area (Å²) in [6, 6.07) is 11.5. The lowest BCUT2D eigenvalue weighted by Gasteiger charge is -2.25. The number of hydrogen-bond donors (Lipinski definition) is 7. The molecule has 4 unspecified atom stereocenters. The van der Waals surface area contributed by atoms with Gasteiger partial charge in [0.25, 0.3) is 0 Å². The highest BCUT2D eigenvalue weighted by atomic mass is 16.4. The summed E-state index contributed by atoms with van der Waals surface area (Å²) >= 11 is 0. The van der Waals surface area contributed by atoms with Gasteiger partial charge in [0.05, 0.1) is 12.4 Å². The molecule has 7 N–H and O–H groups in total. The number of amides is 3. The molecule has 0 spiro atoms. The van der Waals surface area contributed by atoms with Gasteiger partial charge in [-0.15, -0.1) is 0 Å². The summed E-state index contributed by atoms with van der Waals surface area (Å²) in [6.07, 6.45) is 4.55. The van der Waals surface area contributed by atoms with E-state index >= 15 is 0 Å². The number of rotatable bonds is 13. The summed E-state index contributed by atoms with van der Waals surface area (Å²) in [5.41, 5.74) is 1.96. The van der Waals surface area contributed by atoms with E-state index < -0.39 is 42.0 Å². The first-order chi connectivity index (χ1) is 19.8. The minimum Gasteiger partial charge on any atom is -0.508 e. The van der Waals surface area contributed by atoms with Gasteiger partial charge in [0.15, 0.2) is 0 Å². The molecule has 216 valence electrons. The number of nitrogens with zero attached hydrogens (tertiary/aromatic N) is 1. The van der Waals surface area contributed by atoms with Gasteiger partial charge in [-0.05, 0) is 42.6 Å². The van der Waals surface area contributed by atoms with Crippen molar-refractivity contribution in [1.82, 2.24) is 31.2 Å². The van der Waals surface area contributed by atoms with E-state index in [9.17, 15) is 29.4 Å². The Bertz CT molecular complexity index is 1310. The third-order valence-electron chi connectivity index (χ3n) is 6.90. The molecule has 4 atom stereocenters. The van der Waals surface area contributed by atoms with Crippen LogP contribution in [0.2, 0.25) is 0 Å². The quantitative estimate of drug-likeness (QED) is 0.156. The summed E-state index contributed by atoms with van der Waals surface area (Å²) in [5, 5.41) is 30.6. The van der Waals surface area contributed by atoms with Crippen molar-refractivity contribution in [3.05, 3.63) is 83.9 Å². The SMILES string of the molecule is O=C(O)C(Cc1cnc[nH]1)NC(=O)C(Cc1ccc(O)cc1)NC(=O)C(Cc1ccccc1)NC(=O)C1CCCN1. The van der Waals surface area contributed by atoms with Gasteiger partial charge in [-0.2, -0.15) is 0 Å². The van der Waals surface area contributed by atoms with Crippen molar-refractivity contribution in [2.75, 3.05) is 6.54 Å². The van der Waals surface area contributed by atoms with Gasteiger partial charge in [0.2, 0.25) is 17.7 Å². The Hall–Kier alpha value is -4.71. The van der Waals surface area contributed by atoms with Crippen molar-refractivity contribution in [3.63, 3.8) is 0 Å². The summed E-state index contributed by atoms with van der Waals surface area (Å²) in [5.74, 6) is -2.81. The highest BCUT2D eigenvalue weighted by Crippen LogP contribution is 2.13. The van der Waals surface area contributed by atoms with Gasteiger partial charge in [-0.3, -0.25) is 14.4 Å². The summed E-state index contributed by atoms with van der Waals surface area (Å²) < 4.78 is 0. The topological polar surface area (TPSA) is 186 Å². The molecule has 0 aliphatic carbocycles. The molecule has 1 aromatic heterocycles. The monoisotopic (exact) mass is 562 g/mol. The molecule has 0 saturated carbocycles. The standard InChI is InChI=1S/C29H34N6O6/c36-21-10-8-19(9-11-21)14-24(28(39)35-25(29(40)41)15-20-16-30-17-32-20)34-27(38)23(13-18-5-2-1-3-6-18)33-26(37)22-7-4-12-31-22/h1-3,5-6,8-11,16-17,22-25,31,36H,4,7,12-15H2,(H,30,32)(H,33,37)(H,34,38)(H,35,39)(H,40,41). The summed E-state index contributed by atoms with van der Waals surface area (Å²) in [7, 11) is 0. The fourth-order valence-electron chi connectivity index (χ4n) is 4.68. The molecule has 3 amide bonds. The molecule has 2 heterocycles. The molecule has 0 bridgehead atoms. The second-order valence-electron chi connectivity index (χ2n) is 10.0. The first-order valence-electron chi connectivity index (χ1n) is 13.4. The minimum absolute atomic E-state index is 0.0183. The maximum Gasteiger partial charge on any atom is 0.326 e. The minimum atomic E-state index is -1.28. The van der Waals surface area contributed by atoms with Crippen LogP contribution in [-0.4, -0.2) is 74.6 Å². The molecule has 0 radical (unpaired) electrons. The lowest BCUT2D eigenvalue weighted by molar-refractivity contribution is -0.142. The first-order valence-corrected chi connectivity index (χ1v) is 13.4. The number of aromatic amines is 1. The molecule has 3 aromatic rings. The maximum absolute atomic E-state index is 13.6. The fourth-order valence-corrected chi connectivity index (χ4v) is 4.68. The van der Waals surface area contributed by atoms with E-state index in [2.05, 4.69) is 31.2 Å². The molecule has 4 rings (SSSR count). The predicted octanol–water partition coefficient (Wildman–Crippen LogP) is 0.434. The Morgan fingerprint density at radius 3 is 2.07 bits per heavy atom. The Kier molecular flexibility index (Phi) is 10.1. The van der Waals surface area contributed by atoms with Crippen LogP contribution >= 0.6 is 0 Å². The lowest BCUT2D eigenvalue weighted by Crippen LogP contribution is -2.58. The number of aromatic hydroxyl groups is 1. The van der Waals surface area contributed by atoms with Crippen LogP contribution in [0.4, 0.5) is 0 Å². The third kappa shape index (κ3) is 8.64. The molecule has 2 aromatic carbocycles. The van der Waals surface area contributed by atoms with Crippen molar-refractivity contribution in [3.8, 4) is 5.75 Å². The normalized spacial score (nSPS) is 16.7. The van der Waals surface area contributed by atoms with Crippen molar-refractivity contribution >= 4 is 23.7 Å². The summed E-state index contributed by atoms with van der Waals surface area (Å²) in [6.45, 7) is 0.714. The van der Waals surface area contributed by atoms with Crippen molar-refractivity contribution < 1.29 is 29.4 Å². The molecular weight excluding hydrogens is 528 g/mol. The van der Waals surface area contributed by atoms with Crippen LogP contribution in [0.5, 0.6) is 5.75 Å². The van der Waals surface area contributed by atoms with E-state index in [1.165, 1.54) is 24.7 Å². The number of carbonyl (C=O) groups excluding carboxylic acids is 3. The second-order valence-corrected chi connectivity index (χ2v) is 10.0. The number of aliphatic carboxylic acids is 1. The molecule has 1 aliphatic heterocycles. The number of imidazole rings is 1. The van der Waals surface area contributed by atoms with Crippen molar-refractivity contribution in [1.29, 1.82) is 0 Å². The average Bonchev–Trinajstić information content (AvgIpc) is 3.68. The number of hydrogen-bond acceptors (Lipinski definition) is 7. The number of phenols is 1. The van der Waals surface area contributed by atoms with Gasteiger partial charge >= 0.3 is 5.97 Å². The average molecular weight is 563 g/mol. The first kappa shape index (κ1) is 29.3. The maximum atomic E-state index is 13.6. The van der Waals surface area contributed by atoms with Gasteiger partial charge in [-0.25, -0.2) is 9.78 Å². The molecule has 1 saturated heterocycles. The fraction of sp³-hybridized carbons (Fsp3) is 0.345. The van der Waals surface area contributed by atoms with Crippen molar-refractivity contribution in [2.24, 2.45) is 0 Å². The van der Waals surface area contributed by atoms with Crippen LogP contribution in [0.1, 0.15) is 29.7 Å². The number of aromatic nitrogens is 2. The second kappa shape index (κ2) is 14.1. The number of phenolic OH excluding ortho intramolecular Hbond substituents is 1. The van der Waals surface area contributed by atoms with Crippen LogP contribution in [0.3, 0.4) is 0 Å². The van der Waals surface area contributed by atoms with Gasteiger partial charge < -0.3 is 36.5 Å². The van der Waals surface area contributed by atoms with E-state index in [1.807, 2.05) is 30.3 Å². The van der Waals surface area contributed by atoms with Crippen LogP contribution in [0, 0.1) is 0 Å². The van der Waals surface area contributed by atoms with E-state index in [-0.39, 0.29) is 30.9 Å². The number of benzene rings is 2.